The summed E-state index contributed by atoms with van der Waals surface area (Å²) in [5.41, 5.74) is 0. The minimum atomic E-state index is -0.277. The van der Waals surface area contributed by atoms with Crippen molar-refractivity contribution in [2.24, 2.45) is 5.92 Å². The van der Waals surface area contributed by atoms with E-state index in [4.69, 9.17) is 4.74 Å². The summed E-state index contributed by atoms with van der Waals surface area (Å²) >= 11 is 0. The number of hydrogen-bond acceptors (Lipinski definition) is 3. The fourth-order valence-electron chi connectivity index (χ4n) is 3.11. The van der Waals surface area contributed by atoms with Crippen molar-refractivity contribution in [1.29, 1.82) is 0 Å². The largest absolute Gasteiger partial charge is 0.450 e. The number of likely N-dealkylation sites (tertiary alicyclic amines) is 2. The van der Waals surface area contributed by atoms with Crippen molar-refractivity contribution in [1.82, 2.24) is 9.80 Å². The van der Waals surface area contributed by atoms with Gasteiger partial charge in [0.15, 0.2) is 0 Å². The first-order valence-electron chi connectivity index (χ1n) is 7.93. The molecule has 1 unspecified atom stereocenters. The van der Waals surface area contributed by atoms with Crippen molar-refractivity contribution < 1.29 is 14.3 Å². The van der Waals surface area contributed by atoms with E-state index in [-0.39, 0.29) is 17.9 Å². The van der Waals surface area contributed by atoms with Crippen molar-refractivity contribution in [2.75, 3.05) is 32.8 Å². The van der Waals surface area contributed by atoms with Crippen LogP contribution in [0.4, 0.5) is 4.79 Å². The molecule has 0 aliphatic carbocycles. The van der Waals surface area contributed by atoms with Crippen LogP contribution >= 0.6 is 0 Å². The highest BCUT2D eigenvalue weighted by atomic mass is 16.6. The average molecular weight is 282 g/mol. The lowest BCUT2D eigenvalue weighted by Gasteiger charge is -2.34. The molecule has 0 bridgehead atoms. The zero-order valence-electron chi connectivity index (χ0n) is 12.5. The molecule has 2 fully saturated rings. The van der Waals surface area contributed by atoms with Gasteiger partial charge in [0.05, 0.1) is 12.5 Å². The highest BCUT2D eigenvalue weighted by Crippen LogP contribution is 2.21. The van der Waals surface area contributed by atoms with Crippen molar-refractivity contribution in [3.05, 3.63) is 0 Å². The number of hydrogen-bond donors (Lipinski definition) is 0. The molecule has 0 aromatic heterocycles. The maximum Gasteiger partial charge on any atom is 0.409 e. The Kier molecular flexibility index (Phi) is 5.68. The van der Waals surface area contributed by atoms with Gasteiger partial charge in [0.1, 0.15) is 0 Å². The molecule has 5 heteroatoms. The zero-order valence-corrected chi connectivity index (χ0v) is 12.5. The Labute approximate surface area is 121 Å². The SMILES string of the molecule is CCOC(=O)N1CCCC(C(=O)N2CCCCCC2)C1. The van der Waals surface area contributed by atoms with Crippen LogP contribution in [0.15, 0.2) is 0 Å². The molecule has 0 radical (unpaired) electrons. The summed E-state index contributed by atoms with van der Waals surface area (Å²) in [6.45, 7) is 5.20. The van der Waals surface area contributed by atoms with Crippen LogP contribution < -0.4 is 0 Å². The standard InChI is InChI=1S/C15H26N2O3/c1-2-20-15(19)17-11-7-8-13(12-17)14(18)16-9-5-3-4-6-10-16/h13H,2-12H2,1H3. The molecular weight excluding hydrogens is 256 g/mol. The third kappa shape index (κ3) is 3.87. The summed E-state index contributed by atoms with van der Waals surface area (Å²) in [7, 11) is 0. The molecule has 20 heavy (non-hydrogen) atoms. The van der Waals surface area contributed by atoms with E-state index in [1.54, 1.807) is 4.90 Å². The predicted octanol–water partition coefficient (Wildman–Crippen LogP) is 2.26. The second-order valence-electron chi connectivity index (χ2n) is 5.72. The van der Waals surface area contributed by atoms with E-state index in [1.807, 2.05) is 11.8 Å². The second-order valence-corrected chi connectivity index (χ2v) is 5.72. The van der Waals surface area contributed by atoms with E-state index in [9.17, 15) is 9.59 Å². The molecule has 0 N–H and O–H groups in total. The number of nitrogens with zero attached hydrogens (tertiary/aromatic N) is 2. The normalized spacial score (nSPS) is 24.1. The summed E-state index contributed by atoms with van der Waals surface area (Å²) in [6, 6.07) is 0. The molecule has 1 atom stereocenters. The fourth-order valence-corrected chi connectivity index (χ4v) is 3.11. The molecule has 0 spiro atoms. The van der Waals surface area contributed by atoms with Gasteiger partial charge in [-0.25, -0.2) is 4.79 Å². The predicted molar refractivity (Wildman–Crippen MR) is 76.4 cm³/mol. The molecule has 2 aliphatic rings. The first kappa shape index (κ1) is 15.1. The van der Waals surface area contributed by atoms with Gasteiger partial charge < -0.3 is 14.5 Å². The van der Waals surface area contributed by atoms with E-state index in [0.717, 1.165) is 38.8 Å². The van der Waals surface area contributed by atoms with Crippen LogP contribution in [0.2, 0.25) is 0 Å². The lowest BCUT2D eigenvalue weighted by atomic mass is 9.96. The number of amides is 2. The van der Waals surface area contributed by atoms with E-state index >= 15 is 0 Å². The molecule has 2 heterocycles. The van der Waals surface area contributed by atoms with Crippen LogP contribution in [-0.2, 0) is 9.53 Å². The Morgan fingerprint density at radius 1 is 1.00 bits per heavy atom. The van der Waals surface area contributed by atoms with Gasteiger partial charge in [-0.3, -0.25) is 4.79 Å². The molecule has 2 aliphatic heterocycles. The smallest absolute Gasteiger partial charge is 0.409 e. The molecule has 114 valence electrons. The number of carbonyl (C=O) groups excluding carboxylic acids is 2. The van der Waals surface area contributed by atoms with E-state index in [1.165, 1.54) is 12.8 Å². The summed E-state index contributed by atoms with van der Waals surface area (Å²) in [5.74, 6) is 0.201. The van der Waals surface area contributed by atoms with Gasteiger partial charge in [0, 0.05) is 26.2 Å². The number of rotatable bonds is 2. The van der Waals surface area contributed by atoms with Crippen LogP contribution in [0, 0.1) is 5.92 Å². The third-order valence-corrected chi connectivity index (χ3v) is 4.21. The van der Waals surface area contributed by atoms with Gasteiger partial charge in [-0.2, -0.15) is 0 Å². The lowest BCUT2D eigenvalue weighted by Crippen LogP contribution is -2.47. The maximum absolute atomic E-state index is 12.6. The Balaban J connectivity index is 1.90. The van der Waals surface area contributed by atoms with Crippen molar-refractivity contribution in [3.8, 4) is 0 Å². The Morgan fingerprint density at radius 3 is 2.30 bits per heavy atom. The second kappa shape index (κ2) is 7.50. The molecule has 2 saturated heterocycles. The summed E-state index contributed by atoms with van der Waals surface area (Å²) in [5, 5.41) is 0. The van der Waals surface area contributed by atoms with Gasteiger partial charge in [-0.05, 0) is 32.6 Å². The lowest BCUT2D eigenvalue weighted by molar-refractivity contribution is -0.137. The van der Waals surface area contributed by atoms with Crippen LogP contribution in [0.1, 0.15) is 45.4 Å². The van der Waals surface area contributed by atoms with Crippen LogP contribution in [0.3, 0.4) is 0 Å². The molecule has 5 nitrogen and oxygen atoms in total. The molecule has 0 saturated carbocycles. The van der Waals surface area contributed by atoms with Gasteiger partial charge in [-0.1, -0.05) is 12.8 Å². The topological polar surface area (TPSA) is 49.9 Å². The minimum absolute atomic E-state index is 0.0359. The quantitative estimate of drug-likeness (QED) is 0.780. The third-order valence-electron chi connectivity index (χ3n) is 4.21. The Bertz CT molecular complexity index is 338. The molecule has 2 rings (SSSR count). The van der Waals surface area contributed by atoms with E-state index in [0.29, 0.717) is 19.7 Å². The van der Waals surface area contributed by atoms with Crippen molar-refractivity contribution in [2.45, 2.75) is 45.4 Å². The van der Waals surface area contributed by atoms with Gasteiger partial charge in [0.25, 0.3) is 0 Å². The van der Waals surface area contributed by atoms with Crippen molar-refractivity contribution in [3.63, 3.8) is 0 Å². The number of ether oxygens (including phenoxy) is 1. The van der Waals surface area contributed by atoms with Gasteiger partial charge in [-0.15, -0.1) is 0 Å². The summed E-state index contributed by atoms with van der Waals surface area (Å²) in [4.78, 5) is 28.0. The average Bonchev–Trinajstić information content (AvgIpc) is 2.76. The molecule has 2 amide bonds. The van der Waals surface area contributed by atoms with Crippen LogP contribution in [-0.4, -0.2) is 54.6 Å². The van der Waals surface area contributed by atoms with Crippen molar-refractivity contribution >= 4 is 12.0 Å². The summed E-state index contributed by atoms with van der Waals surface area (Å²) < 4.78 is 5.04. The first-order chi connectivity index (χ1) is 9.72. The van der Waals surface area contributed by atoms with Gasteiger partial charge in [0.2, 0.25) is 5.91 Å². The molecular formula is C15H26N2O3. The number of piperidine rings is 1. The first-order valence-corrected chi connectivity index (χ1v) is 7.93. The Morgan fingerprint density at radius 2 is 1.65 bits per heavy atom. The number of carbonyl (C=O) groups is 2. The Hall–Kier alpha value is -1.26. The molecule has 0 aromatic carbocycles. The summed E-state index contributed by atoms with van der Waals surface area (Å²) in [6.07, 6.45) is 6.18. The fraction of sp³-hybridized carbons (Fsp3) is 0.867. The van der Waals surface area contributed by atoms with Crippen LogP contribution in [0.5, 0.6) is 0 Å². The van der Waals surface area contributed by atoms with E-state index < -0.39 is 0 Å². The van der Waals surface area contributed by atoms with Crippen LogP contribution in [0.25, 0.3) is 0 Å². The van der Waals surface area contributed by atoms with E-state index in [2.05, 4.69) is 0 Å². The highest BCUT2D eigenvalue weighted by Gasteiger charge is 2.31. The zero-order chi connectivity index (χ0) is 14.4. The van der Waals surface area contributed by atoms with Gasteiger partial charge >= 0.3 is 6.09 Å². The monoisotopic (exact) mass is 282 g/mol. The maximum atomic E-state index is 12.6. The minimum Gasteiger partial charge on any atom is -0.450 e. The highest BCUT2D eigenvalue weighted by molar-refractivity contribution is 5.80. The molecule has 0 aromatic rings.